The number of aromatic nitrogens is 1. The van der Waals surface area contributed by atoms with Gasteiger partial charge in [-0.25, -0.2) is 0 Å². The summed E-state index contributed by atoms with van der Waals surface area (Å²) in [7, 11) is 1.42. The van der Waals surface area contributed by atoms with Crippen molar-refractivity contribution in [3.8, 4) is 0 Å². The summed E-state index contributed by atoms with van der Waals surface area (Å²) >= 11 is 0. The Balaban J connectivity index is 2.13. The minimum absolute atomic E-state index is 0.0695. The summed E-state index contributed by atoms with van der Waals surface area (Å²) in [4.78, 5) is 16.1. The van der Waals surface area contributed by atoms with E-state index in [-0.39, 0.29) is 18.9 Å². The van der Waals surface area contributed by atoms with E-state index in [4.69, 9.17) is 4.74 Å². The number of hydrogen-bond donors (Lipinski definition) is 1. The van der Waals surface area contributed by atoms with Crippen molar-refractivity contribution < 1.29 is 22.7 Å². The molecule has 2 rings (SSSR count). The number of rotatable bonds is 6. The third kappa shape index (κ3) is 5.06. The zero-order valence-electron chi connectivity index (χ0n) is 13.0. The molecule has 0 aliphatic carbocycles. The lowest BCUT2D eigenvalue weighted by molar-refractivity contribution is -0.137. The van der Waals surface area contributed by atoms with Crippen molar-refractivity contribution in [2.75, 3.05) is 13.7 Å². The highest BCUT2D eigenvalue weighted by molar-refractivity contribution is 5.79. The highest BCUT2D eigenvalue weighted by Crippen LogP contribution is 2.30. The second kappa shape index (κ2) is 7.92. The number of nitrogens with one attached hydrogen (secondary N) is 1. The van der Waals surface area contributed by atoms with Crippen LogP contribution in [0.25, 0.3) is 0 Å². The van der Waals surface area contributed by atoms with Crippen LogP contribution >= 0.6 is 0 Å². The number of halogens is 3. The summed E-state index contributed by atoms with van der Waals surface area (Å²) in [5, 5.41) is 2.70. The number of alkyl halides is 3. The van der Waals surface area contributed by atoms with E-state index in [1.54, 1.807) is 24.5 Å². The molecule has 2 aromatic rings. The molecule has 1 amide bonds. The quantitative estimate of drug-likeness (QED) is 0.880. The molecule has 0 radical (unpaired) electrons. The first-order valence-electron chi connectivity index (χ1n) is 7.24. The number of benzene rings is 1. The normalized spacial score (nSPS) is 12.7. The SMILES string of the molecule is COC[C@@H](NC(=O)Cc1cccnc1)c1cccc(C(F)(F)F)c1. The van der Waals surface area contributed by atoms with Gasteiger partial charge in [0.15, 0.2) is 0 Å². The van der Waals surface area contributed by atoms with Crippen LogP contribution in [0.2, 0.25) is 0 Å². The first-order chi connectivity index (χ1) is 11.4. The second-order valence-electron chi connectivity index (χ2n) is 5.24. The highest BCUT2D eigenvalue weighted by Gasteiger charge is 2.31. The van der Waals surface area contributed by atoms with Crippen LogP contribution < -0.4 is 5.32 Å². The fraction of sp³-hybridized carbons (Fsp3) is 0.294. The monoisotopic (exact) mass is 338 g/mol. The van der Waals surface area contributed by atoms with E-state index < -0.39 is 17.8 Å². The Morgan fingerprint density at radius 1 is 1.29 bits per heavy atom. The maximum absolute atomic E-state index is 12.8. The number of hydrogen-bond acceptors (Lipinski definition) is 3. The van der Waals surface area contributed by atoms with E-state index in [1.807, 2.05) is 0 Å². The minimum Gasteiger partial charge on any atom is -0.382 e. The van der Waals surface area contributed by atoms with Crippen molar-refractivity contribution >= 4 is 5.91 Å². The summed E-state index contributed by atoms with van der Waals surface area (Å²) in [6.07, 6.45) is -1.19. The fourth-order valence-corrected chi connectivity index (χ4v) is 2.25. The van der Waals surface area contributed by atoms with Crippen molar-refractivity contribution in [3.05, 3.63) is 65.5 Å². The van der Waals surface area contributed by atoms with E-state index in [9.17, 15) is 18.0 Å². The Morgan fingerprint density at radius 3 is 2.71 bits per heavy atom. The third-order valence-electron chi connectivity index (χ3n) is 3.37. The maximum Gasteiger partial charge on any atom is 0.416 e. The molecule has 1 heterocycles. The van der Waals surface area contributed by atoms with Gasteiger partial charge in [0.2, 0.25) is 5.91 Å². The van der Waals surface area contributed by atoms with Gasteiger partial charge in [0, 0.05) is 19.5 Å². The van der Waals surface area contributed by atoms with Gasteiger partial charge in [0.05, 0.1) is 24.6 Å². The molecule has 1 N–H and O–H groups in total. The van der Waals surface area contributed by atoms with Crippen molar-refractivity contribution in [1.82, 2.24) is 10.3 Å². The number of nitrogens with zero attached hydrogens (tertiary/aromatic N) is 1. The fourth-order valence-electron chi connectivity index (χ4n) is 2.25. The Kier molecular flexibility index (Phi) is 5.92. The zero-order valence-corrected chi connectivity index (χ0v) is 13.0. The molecule has 0 bridgehead atoms. The van der Waals surface area contributed by atoms with Gasteiger partial charge in [0.1, 0.15) is 0 Å². The molecule has 0 saturated carbocycles. The number of pyridine rings is 1. The van der Waals surface area contributed by atoms with Crippen LogP contribution in [0.5, 0.6) is 0 Å². The molecule has 4 nitrogen and oxygen atoms in total. The Morgan fingerprint density at radius 2 is 2.08 bits per heavy atom. The van der Waals surface area contributed by atoms with Gasteiger partial charge in [-0.1, -0.05) is 18.2 Å². The molecule has 0 fully saturated rings. The molecule has 24 heavy (non-hydrogen) atoms. The summed E-state index contributed by atoms with van der Waals surface area (Å²) in [5.74, 6) is -0.317. The van der Waals surface area contributed by atoms with E-state index in [0.29, 0.717) is 5.56 Å². The Labute approximate surface area is 137 Å². The van der Waals surface area contributed by atoms with Gasteiger partial charge in [0.25, 0.3) is 0 Å². The van der Waals surface area contributed by atoms with Crippen LogP contribution in [0.3, 0.4) is 0 Å². The van der Waals surface area contributed by atoms with Crippen LogP contribution in [-0.2, 0) is 22.1 Å². The molecule has 0 aliphatic rings. The molecular weight excluding hydrogens is 321 g/mol. The standard InChI is InChI=1S/C17H17F3N2O2/c1-24-11-15(13-5-2-6-14(9-13)17(18,19)20)22-16(23)8-12-4-3-7-21-10-12/h2-7,9-10,15H,8,11H2,1H3,(H,22,23)/t15-/m1/s1. The van der Waals surface area contributed by atoms with Crippen LogP contribution in [0.1, 0.15) is 22.7 Å². The van der Waals surface area contributed by atoms with Crippen LogP contribution in [0.4, 0.5) is 13.2 Å². The second-order valence-corrected chi connectivity index (χ2v) is 5.24. The lowest BCUT2D eigenvalue weighted by atomic mass is 10.0. The minimum atomic E-state index is -4.44. The van der Waals surface area contributed by atoms with Crippen molar-refractivity contribution in [2.45, 2.75) is 18.6 Å². The smallest absolute Gasteiger partial charge is 0.382 e. The molecular formula is C17H17F3N2O2. The summed E-state index contributed by atoms with van der Waals surface area (Å²) in [6, 6.07) is 7.65. The van der Waals surface area contributed by atoms with Crippen molar-refractivity contribution in [2.24, 2.45) is 0 Å². The molecule has 7 heteroatoms. The van der Waals surface area contributed by atoms with Crippen molar-refractivity contribution in [3.63, 3.8) is 0 Å². The molecule has 0 unspecified atom stereocenters. The Bertz CT molecular complexity index is 675. The number of amides is 1. The number of carbonyl (C=O) groups excluding carboxylic acids is 1. The molecule has 0 aliphatic heterocycles. The van der Waals surface area contributed by atoms with Gasteiger partial charge >= 0.3 is 6.18 Å². The average Bonchev–Trinajstić information content (AvgIpc) is 2.55. The lowest BCUT2D eigenvalue weighted by Gasteiger charge is -2.19. The van der Waals surface area contributed by atoms with E-state index in [2.05, 4.69) is 10.3 Å². The number of carbonyl (C=O) groups is 1. The first-order valence-corrected chi connectivity index (χ1v) is 7.24. The van der Waals surface area contributed by atoms with Gasteiger partial charge in [-0.15, -0.1) is 0 Å². The molecule has 0 saturated heterocycles. The predicted octanol–water partition coefficient (Wildman–Crippen LogP) is 3.15. The van der Waals surface area contributed by atoms with E-state index in [0.717, 1.165) is 17.7 Å². The van der Waals surface area contributed by atoms with Gasteiger partial charge in [-0.05, 0) is 29.3 Å². The molecule has 1 aromatic carbocycles. The maximum atomic E-state index is 12.8. The van der Waals surface area contributed by atoms with Gasteiger partial charge < -0.3 is 10.1 Å². The summed E-state index contributed by atoms with van der Waals surface area (Å²) < 4.78 is 43.6. The number of ether oxygens (including phenoxy) is 1. The summed E-state index contributed by atoms with van der Waals surface area (Å²) in [6.45, 7) is 0.0695. The van der Waals surface area contributed by atoms with Gasteiger partial charge in [-0.2, -0.15) is 13.2 Å². The van der Waals surface area contributed by atoms with E-state index >= 15 is 0 Å². The van der Waals surface area contributed by atoms with Crippen LogP contribution in [0.15, 0.2) is 48.8 Å². The average molecular weight is 338 g/mol. The lowest BCUT2D eigenvalue weighted by Crippen LogP contribution is -2.32. The van der Waals surface area contributed by atoms with Gasteiger partial charge in [-0.3, -0.25) is 9.78 Å². The molecule has 1 aromatic heterocycles. The predicted molar refractivity (Wildman–Crippen MR) is 82.1 cm³/mol. The van der Waals surface area contributed by atoms with Crippen LogP contribution in [0, 0.1) is 0 Å². The number of methoxy groups -OCH3 is 1. The van der Waals surface area contributed by atoms with E-state index in [1.165, 1.54) is 19.2 Å². The Hall–Kier alpha value is -2.41. The zero-order chi connectivity index (χ0) is 17.6. The molecule has 0 spiro atoms. The molecule has 128 valence electrons. The molecule has 1 atom stereocenters. The van der Waals surface area contributed by atoms with Crippen molar-refractivity contribution in [1.29, 1.82) is 0 Å². The third-order valence-corrected chi connectivity index (χ3v) is 3.37. The van der Waals surface area contributed by atoms with Crippen LogP contribution in [-0.4, -0.2) is 24.6 Å². The first kappa shape index (κ1) is 17.9. The topological polar surface area (TPSA) is 51.2 Å². The summed E-state index contributed by atoms with van der Waals surface area (Å²) in [5.41, 5.74) is 0.295. The largest absolute Gasteiger partial charge is 0.416 e. The highest BCUT2D eigenvalue weighted by atomic mass is 19.4.